The molecule has 0 unspecified atom stereocenters. The minimum absolute atomic E-state index is 0.0283. The number of carboxylic acids is 1. The maximum atomic E-state index is 11.6. The molecule has 0 atom stereocenters. The molecule has 6 nitrogen and oxygen atoms in total. The smallest absolute Gasteiger partial charge is 0.317 e. The fraction of sp³-hybridized carbons (Fsp3) is 0.800. The lowest BCUT2D eigenvalue weighted by Gasteiger charge is -2.20. The highest BCUT2D eigenvalue weighted by Crippen LogP contribution is 2.00. The predicted molar refractivity (Wildman–Crippen MR) is 59.3 cm³/mol. The van der Waals surface area contributed by atoms with E-state index in [2.05, 4.69) is 10.2 Å². The van der Waals surface area contributed by atoms with Crippen LogP contribution in [-0.2, 0) is 4.79 Å². The van der Waals surface area contributed by atoms with Crippen molar-refractivity contribution in [2.24, 2.45) is 0 Å². The van der Waals surface area contributed by atoms with Gasteiger partial charge in [-0.3, -0.25) is 4.79 Å². The van der Waals surface area contributed by atoms with E-state index in [1.165, 1.54) is 0 Å². The highest BCUT2D eigenvalue weighted by Gasteiger charge is 2.16. The molecule has 6 heteroatoms. The van der Waals surface area contributed by atoms with E-state index >= 15 is 0 Å². The van der Waals surface area contributed by atoms with Gasteiger partial charge in [0.05, 0.1) is 6.42 Å². The van der Waals surface area contributed by atoms with Crippen LogP contribution < -0.4 is 5.32 Å². The van der Waals surface area contributed by atoms with Crippen LogP contribution in [0, 0.1) is 0 Å². The van der Waals surface area contributed by atoms with Crippen molar-refractivity contribution in [1.29, 1.82) is 0 Å². The van der Waals surface area contributed by atoms with Gasteiger partial charge in [0, 0.05) is 26.2 Å². The molecule has 0 radical (unpaired) electrons. The van der Waals surface area contributed by atoms with Gasteiger partial charge in [-0.05, 0) is 20.0 Å². The first kappa shape index (κ1) is 12.8. The second kappa shape index (κ2) is 6.32. The highest BCUT2D eigenvalue weighted by molar-refractivity contribution is 5.75. The molecule has 0 bridgehead atoms. The molecule has 1 saturated heterocycles. The minimum Gasteiger partial charge on any atom is -0.481 e. The lowest BCUT2D eigenvalue weighted by Crippen LogP contribution is -2.42. The molecule has 1 fully saturated rings. The Kier molecular flexibility index (Phi) is 5.04. The Labute approximate surface area is 95.2 Å². The van der Waals surface area contributed by atoms with Crippen LogP contribution in [0.1, 0.15) is 12.8 Å². The van der Waals surface area contributed by atoms with Gasteiger partial charge in [0.2, 0.25) is 0 Å². The average molecular weight is 229 g/mol. The standard InChI is InChI=1S/C10H19N3O3/c1-12-5-2-6-13(8-7-12)10(16)11-4-3-9(14)15/h2-8H2,1H3,(H,11,16)(H,14,15). The van der Waals surface area contributed by atoms with Gasteiger partial charge in [0.1, 0.15) is 0 Å². The van der Waals surface area contributed by atoms with Crippen molar-refractivity contribution >= 4 is 12.0 Å². The molecule has 16 heavy (non-hydrogen) atoms. The minimum atomic E-state index is -0.893. The van der Waals surface area contributed by atoms with E-state index in [0.29, 0.717) is 6.54 Å². The van der Waals surface area contributed by atoms with Crippen molar-refractivity contribution in [2.45, 2.75) is 12.8 Å². The molecule has 0 spiro atoms. The molecule has 0 aromatic carbocycles. The van der Waals surface area contributed by atoms with Crippen molar-refractivity contribution in [3.63, 3.8) is 0 Å². The van der Waals surface area contributed by atoms with Crippen LogP contribution in [0.15, 0.2) is 0 Å². The molecule has 1 rings (SSSR count). The van der Waals surface area contributed by atoms with E-state index in [4.69, 9.17) is 5.11 Å². The Morgan fingerprint density at radius 3 is 2.69 bits per heavy atom. The molecule has 1 aliphatic heterocycles. The first-order valence-electron chi connectivity index (χ1n) is 5.52. The molecule has 0 saturated carbocycles. The summed E-state index contributed by atoms with van der Waals surface area (Å²) < 4.78 is 0. The molecule has 0 aromatic rings. The number of aliphatic carboxylic acids is 1. The third-order valence-electron chi connectivity index (χ3n) is 2.62. The molecule has 0 aliphatic carbocycles. The van der Waals surface area contributed by atoms with Crippen LogP contribution in [0.2, 0.25) is 0 Å². The van der Waals surface area contributed by atoms with Crippen molar-refractivity contribution in [3.8, 4) is 0 Å². The van der Waals surface area contributed by atoms with Gasteiger partial charge < -0.3 is 20.2 Å². The van der Waals surface area contributed by atoms with E-state index in [1.807, 2.05) is 7.05 Å². The molecule has 1 heterocycles. The zero-order chi connectivity index (χ0) is 12.0. The molecule has 2 amide bonds. The van der Waals surface area contributed by atoms with E-state index in [0.717, 1.165) is 26.1 Å². The topological polar surface area (TPSA) is 72.9 Å². The second-order valence-corrected chi connectivity index (χ2v) is 4.02. The summed E-state index contributed by atoms with van der Waals surface area (Å²) >= 11 is 0. The molecule has 1 aliphatic rings. The number of rotatable bonds is 3. The lowest BCUT2D eigenvalue weighted by molar-refractivity contribution is -0.136. The van der Waals surface area contributed by atoms with E-state index in [1.54, 1.807) is 4.90 Å². The number of nitrogens with one attached hydrogen (secondary N) is 1. The van der Waals surface area contributed by atoms with Crippen LogP contribution in [0.5, 0.6) is 0 Å². The Balaban J connectivity index is 2.27. The Hall–Kier alpha value is -1.30. The zero-order valence-corrected chi connectivity index (χ0v) is 9.61. The number of carboxylic acid groups (broad SMARTS) is 1. The third-order valence-corrected chi connectivity index (χ3v) is 2.62. The van der Waals surface area contributed by atoms with Gasteiger partial charge in [-0.2, -0.15) is 0 Å². The number of carbonyl (C=O) groups excluding carboxylic acids is 1. The van der Waals surface area contributed by atoms with Gasteiger partial charge in [-0.15, -0.1) is 0 Å². The Morgan fingerprint density at radius 1 is 1.25 bits per heavy atom. The summed E-state index contributed by atoms with van der Waals surface area (Å²) in [5.74, 6) is -0.893. The van der Waals surface area contributed by atoms with Gasteiger partial charge in [-0.25, -0.2) is 4.79 Å². The van der Waals surface area contributed by atoms with Gasteiger partial charge in [-0.1, -0.05) is 0 Å². The monoisotopic (exact) mass is 229 g/mol. The van der Waals surface area contributed by atoms with Crippen LogP contribution >= 0.6 is 0 Å². The molecule has 0 aromatic heterocycles. The molecular weight excluding hydrogens is 210 g/mol. The maximum Gasteiger partial charge on any atom is 0.317 e. The van der Waals surface area contributed by atoms with Gasteiger partial charge >= 0.3 is 12.0 Å². The van der Waals surface area contributed by atoms with Crippen LogP contribution in [0.25, 0.3) is 0 Å². The number of nitrogens with zero attached hydrogens (tertiary/aromatic N) is 2. The summed E-state index contributed by atoms with van der Waals surface area (Å²) in [5, 5.41) is 11.1. The van der Waals surface area contributed by atoms with Crippen LogP contribution in [-0.4, -0.2) is 66.7 Å². The second-order valence-electron chi connectivity index (χ2n) is 4.02. The summed E-state index contributed by atoms with van der Waals surface area (Å²) in [7, 11) is 2.03. The fourth-order valence-corrected chi connectivity index (χ4v) is 1.64. The number of hydrogen-bond donors (Lipinski definition) is 2. The van der Waals surface area contributed by atoms with Gasteiger partial charge in [0.15, 0.2) is 0 Å². The zero-order valence-electron chi connectivity index (χ0n) is 9.61. The van der Waals surface area contributed by atoms with Gasteiger partial charge in [0.25, 0.3) is 0 Å². The Morgan fingerprint density at radius 2 is 2.00 bits per heavy atom. The van der Waals surface area contributed by atoms with Crippen molar-refractivity contribution in [1.82, 2.24) is 15.1 Å². The summed E-state index contributed by atoms with van der Waals surface area (Å²) in [6, 6.07) is -0.156. The number of likely N-dealkylation sites (N-methyl/N-ethyl adjacent to an activating group) is 1. The van der Waals surface area contributed by atoms with Crippen molar-refractivity contribution in [3.05, 3.63) is 0 Å². The van der Waals surface area contributed by atoms with Crippen LogP contribution in [0.3, 0.4) is 0 Å². The summed E-state index contributed by atoms with van der Waals surface area (Å²) in [5.41, 5.74) is 0. The van der Waals surface area contributed by atoms with E-state index < -0.39 is 5.97 Å². The highest BCUT2D eigenvalue weighted by atomic mass is 16.4. The lowest BCUT2D eigenvalue weighted by atomic mass is 10.4. The van der Waals surface area contributed by atoms with Crippen LogP contribution in [0.4, 0.5) is 4.79 Å². The van der Waals surface area contributed by atoms with Crippen molar-refractivity contribution < 1.29 is 14.7 Å². The molecular formula is C10H19N3O3. The predicted octanol–water partition coefficient (Wildman–Crippen LogP) is -0.192. The average Bonchev–Trinajstić information content (AvgIpc) is 2.42. The van der Waals surface area contributed by atoms with Crippen molar-refractivity contribution in [2.75, 3.05) is 39.8 Å². The molecule has 92 valence electrons. The summed E-state index contributed by atoms with van der Waals surface area (Å²) in [6.45, 7) is 3.50. The molecule has 2 N–H and O–H groups in total. The summed E-state index contributed by atoms with van der Waals surface area (Å²) in [4.78, 5) is 25.9. The largest absolute Gasteiger partial charge is 0.481 e. The number of urea groups is 1. The number of carbonyl (C=O) groups is 2. The maximum absolute atomic E-state index is 11.6. The SMILES string of the molecule is CN1CCCN(C(=O)NCCC(=O)O)CC1. The summed E-state index contributed by atoms with van der Waals surface area (Å²) in [6.07, 6.45) is 0.933. The first-order valence-corrected chi connectivity index (χ1v) is 5.52. The third kappa shape index (κ3) is 4.48. The fourth-order valence-electron chi connectivity index (χ4n) is 1.64. The normalized spacial score (nSPS) is 17.9. The quantitative estimate of drug-likeness (QED) is 0.703. The van der Waals surface area contributed by atoms with E-state index in [9.17, 15) is 9.59 Å². The first-order chi connectivity index (χ1) is 7.59. The number of hydrogen-bond acceptors (Lipinski definition) is 3. The number of amides is 2. The van der Waals surface area contributed by atoms with E-state index in [-0.39, 0.29) is 19.0 Å². The Bertz CT molecular complexity index is 258.